The van der Waals surface area contributed by atoms with Gasteiger partial charge in [-0.25, -0.2) is 8.78 Å². The van der Waals surface area contributed by atoms with E-state index >= 15 is 0 Å². The summed E-state index contributed by atoms with van der Waals surface area (Å²) in [7, 11) is 1.63. The van der Waals surface area contributed by atoms with Crippen LogP contribution in [0.3, 0.4) is 0 Å². The molecule has 250 valence electrons. The number of nitrogens with zero attached hydrogens (tertiary/aromatic N) is 3. The normalized spacial score (nSPS) is 21.4. The van der Waals surface area contributed by atoms with Gasteiger partial charge >= 0.3 is 0 Å². The summed E-state index contributed by atoms with van der Waals surface area (Å²) in [5, 5.41) is 6.62. The number of carbonyl (C=O) groups is 2. The zero-order valence-electron chi connectivity index (χ0n) is 28.3. The lowest BCUT2D eigenvalue weighted by atomic mass is 9.67. The molecule has 2 aromatic carbocycles. The summed E-state index contributed by atoms with van der Waals surface area (Å²) >= 11 is 0. The van der Waals surface area contributed by atoms with Gasteiger partial charge in [-0.15, -0.1) is 0 Å². The summed E-state index contributed by atoms with van der Waals surface area (Å²) in [4.78, 5) is 34.4. The van der Waals surface area contributed by atoms with Gasteiger partial charge in [-0.1, -0.05) is 60.1 Å². The maximum absolute atomic E-state index is 14.5. The van der Waals surface area contributed by atoms with Gasteiger partial charge in [-0.05, 0) is 85.1 Å². The fraction of sp³-hybridized carbons (Fsp3) is 0.556. The first-order valence-electron chi connectivity index (χ1n) is 16.4. The fourth-order valence-electron chi connectivity index (χ4n) is 6.75. The minimum Gasteiger partial charge on any atom is -0.384 e. The van der Waals surface area contributed by atoms with E-state index in [1.54, 1.807) is 19.2 Å². The van der Waals surface area contributed by atoms with E-state index < -0.39 is 17.3 Å². The topological polar surface area (TPSA) is 112 Å². The van der Waals surface area contributed by atoms with Crippen LogP contribution in [0.5, 0.6) is 0 Å². The molecule has 1 aliphatic carbocycles. The number of halogens is 2. The van der Waals surface area contributed by atoms with Crippen molar-refractivity contribution in [1.29, 1.82) is 0 Å². The molecule has 4 rings (SSSR count). The molecule has 2 aliphatic rings. The number of hydrogen-bond acceptors (Lipinski definition) is 5. The number of benzene rings is 2. The van der Waals surface area contributed by atoms with Gasteiger partial charge in [-0.2, -0.15) is 5.10 Å². The first-order valence-corrected chi connectivity index (χ1v) is 16.4. The average molecular weight is 637 g/mol. The Labute approximate surface area is 272 Å². The highest BCUT2D eigenvalue weighted by atomic mass is 19.1. The standard InChI is InChI=1S/C36H50F2N6O2/c1-8-35(5,6)26-13-17-36(18-14-26)42-31(25-19-27(37)21-28(38)20-25)33(46)44(36)29(15-16-34(2,3)4)23-9-11-24(12-10-23)32(45)41-22-30(39)43-40-7/h9-12,19-21,26,29,40H,8,13-18,22H2,1-7H3,(H2,39,43)(H,41,45). The zero-order valence-corrected chi connectivity index (χ0v) is 28.3. The third-order valence-electron chi connectivity index (χ3n) is 9.85. The van der Waals surface area contributed by atoms with Gasteiger partial charge in [0.25, 0.3) is 11.8 Å². The summed E-state index contributed by atoms with van der Waals surface area (Å²) in [6.45, 7) is 13.4. The van der Waals surface area contributed by atoms with Crippen LogP contribution < -0.4 is 16.5 Å². The summed E-state index contributed by atoms with van der Waals surface area (Å²) < 4.78 is 28.8. The van der Waals surface area contributed by atoms with Gasteiger partial charge in [0, 0.05) is 24.2 Å². The molecule has 1 atom stereocenters. The zero-order chi connectivity index (χ0) is 33.9. The molecule has 1 fully saturated rings. The van der Waals surface area contributed by atoms with Crippen molar-refractivity contribution >= 4 is 23.4 Å². The lowest BCUT2D eigenvalue weighted by Gasteiger charge is -2.48. The predicted octanol–water partition coefficient (Wildman–Crippen LogP) is 6.71. The molecule has 10 heteroatoms. The molecule has 1 spiro atoms. The quantitative estimate of drug-likeness (QED) is 0.145. The summed E-state index contributed by atoms with van der Waals surface area (Å²) in [5.41, 5.74) is 9.27. The number of rotatable bonds is 11. The van der Waals surface area contributed by atoms with Crippen LogP contribution in [0, 0.1) is 28.4 Å². The minimum absolute atomic E-state index is 0.0129. The van der Waals surface area contributed by atoms with Crippen LogP contribution in [0.4, 0.5) is 8.78 Å². The van der Waals surface area contributed by atoms with Crippen LogP contribution in [0.2, 0.25) is 0 Å². The van der Waals surface area contributed by atoms with Crippen LogP contribution in [-0.4, -0.2) is 47.5 Å². The van der Waals surface area contributed by atoms with E-state index in [4.69, 9.17) is 10.7 Å². The molecule has 8 nitrogen and oxygen atoms in total. The van der Waals surface area contributed by atoms with Gasteiger partial charge in [-0.3, -0.25) is 14.6 Å². The molecule has 0 aromatic heterocycles. The van der Waals surface area contributed by atoms with Crippen molar-refractivity contribution in [3.05, 3.63) is 70.8 Å². The number of carbonyl (C=O) groups excluding carboxylic acids is 2. The van der Waals surface area contributed by atoms with Crippen LogP contribution in [0.25, 0.3) is 0 Å². The number of amidine groups is 1. The lowest BCUT2D eigenvalue weighted by molar-refractivity contribution is -0.134. The Morgan fingerprint density at radius 3 is 2.24 bits per heavy atom. The molecular formula is C36H50F2N6O2. The second kappa shape index (κ2) is 13.9. The van der Waals surface area contributed by atoms with E-state index in [2.05, 4.69) is 57.4 Å². The molecule has 2 amide bonds. The van der Waals surface area contributed by atoms with Crippen molar-refractivity contribution in [2.45, 2.75) is 98.2 Å². The van der Waals surface area contributed by atoms with Crippen molar-refractivity contribution in [3.63, 3.8) is 0 Å². The molecular weight excluding hydrogens is 586 g/mol. The highest BCUT2D eigenvalue weighted by Crippen LogP contribution is 2.51. The minimum atomic E-state index is -0.835. The average Bonchev–Trinajstić information content (AvgIpc) is 3.26. The molecule has 1 heterocycles. The fourth-order valence-corrected chi connectivity index (χ4v) is 6.75. The van der Waals surface area contributed by atoms with Gasteiger partial charge < -0.3 is 21.4 Å². The summed E-state index contributed by atoms with van der Waals surface area (Å²) in [5.74, 6) is -1.38. The number of aliphatic imine (C=N–C) groups is 1. The number of hydrazone groups is 1. The van der Waals surface area contributed by atoms with Gasteiger partial charge in [0.2, 0.25) is 0 Å². The van der Waals surface area contributed by atoms with Gasteiger partial charge in [0.15, 0.2) is 0 Å². The van der Waals surface area contributed by atoms with Crippen LogP contribution in [-0.2, 0) is 4.79 Å². The first-order chi connectivity index (χ1) is 21.6. The number of nitrogens with two attached hydrogens (primary N) is 1. The van der Waals surface area contributed by atoms with Crippen molar-refractivity contribution in [1.82, 2.24) is 15.6 Å². The van der Waals surface area contributed by atoms with Crippen molar-refractivity contribution in [2.24, 2.45) is 32.6 Å². The van der Waals surface area contributed by atoms with Crippen LogP contribution in [0.1, 0.15) is 114 Å². The largest absolute Gasteiger partial charge is 0.384 e. The number of nitrogens with one attached hydrogen (secondary N) is 2. The summed E-state index contributed by atoms with van der Waals surface area (Å²) in [6.07, 6.45) is 5.64. The number of amides is 2. The summed E-state index contributed by atoms with van der Waals surface area (Å²) in [6, 6.07) is 10.1. The predicted molar refractivity (Wildman–Crippen MR) is 179 cm³/mol. The van der Waals surface area contributed by atoms with E-state index in [-0.39, 0.29) is 52.3 Å². The van der Waals surface area contributed by atoms with Crippen molar-refractivity contribution in [2.75, 3.05) is 13.6 Å². The molecule has 1 unspecified atom stereocenters. The Kier molecular flexibility index (Phi) is 10.6. The van der Waals surface area contributed by atoms with Crippen LogP contribution in [0.15, 0.2) is 52.6 Å². The molecule has 0 saturated heterocycles. The molecule has 4 N–H and O–H groups in total. The monoisotopic (exact) mass is 636 g/mol. The molecule has 46 heavy (non-hydrogen) atoms. The first kappa shape index (κ1) is 35.0. The van der Waals surface area contributed by atoms with E-state index in [1.165, 1.54) is 12.1 Å². The highest BCUT2D eigenvalue weighted by Gasteiger charge is 2.53. The third-order valence-corrected chi connectivity index (χ3v) is 9.85. The van der Waals surface area contributed by atoms with Crippen molar-refractivity contribution < 1.29 is 18.4 Å². The number of hydrogen-bond donors (Lipinski definition) is 3. The molecule has 1 aliphatic heterocycles. The Hall–Kier alpha value is -3.82. The SMILES string of the molecule is CCC(C)(C)C1CCC2(CC1)N=C(c1cc(F)cc(F)c1)C(=O)N2C(CCC(C)(C)C)c1ccc(C(=O)NC/C(N)=N/NC)cc1. The second-order valence-electron chi connectivity index (χ2n) is 14.6. The maximum atomic E-state index is 14.5. The van der Waals surface area contributed by atoms with E-state index in [1.807, 2.05) is 17.0 Å². The molecule has 1 saturated carbocycles. The van der Waals surface area contributed by atoms with Crippen LogP contribution >= 0.6 is 0 Å². The Morgan fingerprint density at radius 2 is 1.70 bits per heavy atom. The second-order valence-corrected chi connectivity index (χ2v) is 14.6. The lowest BCUT2D eigenvalue weighted by Crippen LogP contribution is -2.51. The van der Waals surface area contributed by atoms with Crippen molar-refractivity contribution in [3.8, 4) is 0 Å². The Morgan fingerprint density at radius 1 is 1.09 bits per heavy atom. The highest BCUT2D eigenvalue weighted by molar-refractivity contribution is 6.46. The molecule has 0 bridgehead atoms. The maximum Gasteiger partial charge on any atom is 0.275 e. The van der Waals surface area contributed by atoms with E-state index in [0.29, 0.717) is 30.7 Å². The Bertz CT molecular complexity index is 1450. The third kappa shape index (κ3) is 7.93. The van der Waals surface area contributed by atoms with E-state index in [0.717, 1.165) is 37.3 Å². The molecule has 0 radical (unpaired) electrons. The van der Waals surface area contributed by atoms with Gasteiger partial charge in [0.05, 0.1) is 12.6 Å². The molecule has 2 aromatic rings. The van der Waals surface area contributed by atoms with Gasteiger partial charge in [0.1, 0.15) is 28.8 Å². The Balaban J connectivity index is 1.74. The smallest absolute Gasteiger partial charge is 0.275 e. The van der Waals surface area contributed by atoms with E-state index in [9.17, 15) is 18.4 Å².